The van der Waals surface area contributed by atoms with Gasteiger partial charge in [-0.2, -0.15) is 0 Å². The highest BCUT2D eigenvalue weighted by Gasteiger charge is 2.55. The number of hydrogen-bond acceptors (Lipinski definition) is 8. The molecule has 1 saturated carbocycles. The molecule has 0 radical (unpaired) electrons. The zero-order chi connectivity index (χ0) is 30.2. The minimum Gasteiger partial charge on any atom is -0.467 e. The molecule has 2 fully saturated rings. The Morgan fingerprint density at radius 1 is 0.976 bits per heavy atom. The van der Waals surface area contributed by atoms with Gasteiger partial charge in [0.25, 0.3) is 5.56 Å². The first-order valence-electron chi connectivity index (χ1n) is 14.5. The first kappa shape index (κ1) is 30.9. The summed E-state index contributed by atoms with van der Waals surface area (Å²) in [7, 11) is 2.72. The number of aryl methyl sites for hydroxylation is 2. The van der Waals surface area contributed by atoms with Crippen LogP contribution < -0.4 is 10.9 Å². The maximum Gasteiger partial charge on any atom is 0.330 e. The van der Waals surface area contributed by atoms with Crippen LogP contribution in [0.5, 0.6) is 0 Å². The SMILES string of the molecule is CCc1ccccc1.COC(=O)[C@@H]1CCC(C)=N1.COC(=O)[C@@H]1CCc2nccc(=O)n21.O=C1N[C@@H]2[C@H]1[C@H]1C=C[C@@H]2C1. The number of ether oxygens (including phenoxy) is 2. The summed E-state index contributed by atoms with van der Waals surface area (Å²) in [6, 6.07) is 11.6. The molecule has 10 heteroatoms. The summed E-state index contributed by atoms with van der Waals surface area (Å²) >= 11 is 0. The molecule has 10 nitrogen and oxygen atoms in total. The fourth-order valence-electron chi connectivity index (χ4n) is 6.03. The Labute approximate surface area is 246 Å². The maximum absolute atomic E-state index is 11.5. The number of rotatable bonds is 3. The molecule has 0 unspecified atom stereocenters. The van der Waals surface area contributed by atoms with Crippen molar-refractivity contribution in [2.75, 3.05) is 14.2 Å². The number of benzene rings is 1. The number of nitrogens with one attached hydrogen (secondary N) is 1. The van der Waals surface area contributed by atoms with Gasteiger partial charge in [-0.05, 0) is 56.4 Å². The van der Waals surface area contributed by atoms with Gasteiger partial charge >= 0.3 is 11.9 Å². The normalized spacial score (nSPS) is 26.8. The van der Waals surface area contributed by atoms with Crippen molar-refractivity contribution in [3.05, 3.63) is 76.5 Å². The van der Waals surface area contributed by atoms with Gasteiger partial charge in [0, 0.05) is 30.4 Å². The molecule has 2 bridgehead atoms. The summed E-state index contributed by atoms with van der Waals surface area (Å²) in [4.78, 5) is 52.7. The summed E-state index contributed by atoms with van der Waals surface area (Å²) in [5.41, 5.74) is 2.27. The number of carbonyl (C=O) groups excluding carboxylic acids is 3. The lowest BCUT2D eigenvalue weighted by molar-refractivity contribution is -0.144. The molecule has 3 aliphatic heterocycles. The number of allylic oxidation sites excluding steroid dienone is 1. The lowest BCUT2D eigenvalue weighted by atomic mass is 9.82. The van der Waals surface area contributed by atoms with Gasteiger partial charge in [-0.3, -0.25) is 19.1 Å². The van der Waals surface area contributed by atoms with Crippen LogP contribution in [0.25, 0.3) is 0 Å². The highest BCUT2D eigenvalue weighted by atomic mass is 16.5. The Hall–Kier alpha value is -4.08. The Balaban J connectivity index is 0.000000131. The fraction of sp³-hybridized carbons (Fsp3) is 0.500. The minimum absolute atomic E-state index is 0.192. The molecule has 6 atom stereocenters. The van der Waals surface area contributed by atoms with E-state index in [1.807, 2.05) is 13.0 Å². The Morgan fingerprint density at radius 3 is 2.24 bits per heavy atom. The zero-order valence-electron chi connectivity index (χ0n) is 24.7. The molecule has 1 saturated heterocycles. The van der Waals surface area contributed by atoms with Crippen molar-refractivity contribution >= 4 is 23.6 Å². The van der Waals surface area contributed by atoms with Crippen molar-refractivity contribution in [1.82, 2.24) is 14.9 Å². The van der Waals surface area contributed by atoms with Gasteiger partial charge in [0.1, 0.15) is 17.9 Å². The number of aliphatic imine (C=N–C) groups is 1. The third kappa shape index (κ3) is 7.03. The molecule has 0 spiro atoms. The largest absolute Gasteiger partial charge is 0.467 e. The third-order valence-electron chi connectivity index (χ3n) is 8.33. The number of aromatic nitrogens is 2. The number of carbonyl (C=O) groups is 3. The van der Waals surface area contributed by atoms with E-state index < -0.39 is 6.04 Å². The summed E-state index contributed by atoms with van der Waals surface area (Å²) < 4.78 is 10.6. The van der Waals surface area contributed by atoms with E-state index in [1.54, 1.807) is 0 Å². The summed E-state index contributed by atoms with van der Waals surface area (Å²) in [6.45, 7) is 4.10. The summed E-state index contributed by atoms with van der Waals surface area (Å²) in [5, 5.41) is 2.95. The zero-order valence-corrected chi connectivity index (χ0v) is 24.7. The van der Waals surface area contributed by atoms with Crippen LogP contribution in [0.15, 0.2) is 64.5 Å². The maximum atomic E-state index is 11.5. The molecule has 1 N–H and O–H groups in total. The van der Waals surface area contributed by atoms with Gasteiger partial charge in [0.15, 0.2) is 0 Å². The molecular formula is C32H40N4O6. The van der Waals surface area contributed by atoms with Gasteiger partial charge in [-0.1, -0.05) is 49.4 Å². The molecule has 7 rings (SSSR count). The van der Waals surface area contributed by atoms with E-state index in [0.29, 0.717) is 42.5 Å². The molecule has 1 aromatic carbocycles. The Bertz CT molecular complexity index is 1380. The molecular weight excluding hydrogens is 536 g/mol. The average molecular weight is 577 g/mol. The lowest BCUT2D eigenvalue weighted by Crippen LogP contribution is -2.59. The molecule has 1 amide bonds. The number of nitrogens with zero attached hydrogens (tertiary/aromatic N) is 3. The van der Waals surface area contributed by atoms with Crippen LogP contribution in [-0.2, 0) is 36.7 Å². The monoisotopic (exact) mass is 576 g/mol. The first-order chi connectivity index (χ1) is 20.3. The van der Waals surface area contributed by atoms with E-state index in [1.165, 1.54) is 43.0 Å². The third-order valence-corrected chi connectivity index (χ3v) is 8.33. The number of hydrogen-bond donors (Lipinski definition) is 1. The van der Waals surface area contributed by atoms with Gasteiger partial charge in [-0.25, -0.2) is 14.6 Å². The van der Waals surface area contributed by atoms with Crippen LogP contribution in [0.3, 0.4) is 0 Å². The van der Waals surface area contributed by atoms with Crippen LogP contribution in [0, 0.1) is 17.8 Å². The minimum atomic E-state index is -0.490. The molecule has 2 aromatic rings. The Morgan fingerprint density at radius 2 is 1.69 bits per heavy atom. The van der Waals surface area contributed by atoms with Crippen molar-refractivity contribution in [2.45, 2.75) is 70.5 Å². The van der Waals surface area contributed by atoms with Crippen LogP contribution in [0.1, 0.15) is 57.0 Å². The van der Waals surface area contributed by atoms with Crippen molar-refractivity contribution in [3.8, 4) is 0 Å². The number of fused-ring (bicyclic) bond motifs is 6. The second-order valence-electron chi connectivity index (χ2n) is 10.9. The number of β-lactam (4-membered cyclic amide) rings is 1. The van der Waals surface area contributed by atoms with Gasteiger partial charge < -0.3 is 14.8 Å². The van der Waals surface area contributed by atoms with E-state index in [0.717, 1.165) is 25.0 Å². The highest BCUT2D eigenvalue weighted by molar-refractivity contribution is 5.89. The topological polar surface area (TPSA) is 129 Å². The molecule has 2 aliphatic carbocycles. The van der Waals surface area contributed by atoms with Gasteiger partial charge in [0.2, 0.25) is 5.91 Å². The van der Waals surface area contributed by atoms with Gasteiger partial charge in [0.05, 0.1) is 20.1 Å². The highest BCUT2D eigenvalue weighted by Crippen LogP contribution is 2.47. The first-order valence-corrected chi connectivity index (χ1v) is 14.5. The van der Waals surface area contributed by atoms with Crippen LogP contribution >= 0.6 is 0 Å². The van der Waals surface area contributed by atoms with E-state index in [9.17, 15) is 19.2 Å². The smallest absolute Gasteiger partial charge is 0.330 e. The van der Waals surface area contributed by atoms with Crippen LogP contribution in [0.2, 0.25) is 0 Å². The van der Waals surface area contributed by atoms with Crippen molar-refractivity contribution in [1.29, 1.82) is 0 Å². The predicted molar refractivity (Wildman–Crippen MR) is 158 cm³/mol. The second-order valence-corrected chi connectivity index (χ2v) is 10.9. The Kier molecular flexibility index (Phi) is 10.4. The fourth-order valence-corrected chi connectivity index (χ4v) is 6.03. The van der Waals surface area contributed by atoms with Crippen molar-refractivity contribution < 1.29 is 23.9 Å². The van der Waals surface area contributed by atoms with Crippen molar-refractivity contribution in [3.63, 3.8) is 0 Å². The van der Waals surface area contributed by atoms with E-state index in [2.05, 4.69) is 68.1 Å². The summed E-state index contributed by atoms with van der Waals surface area (Å²) in [6.07, 6.45) is 11.3. The van der Waals surface area contributed by atoms with Crippen LogP contribution in [-0.4, -0.2) is 59.4 Å². The average Bonchev–Trinajstić information content (AvgIpc) is 3.81. The van der Waals surface area contributed by atoms with Crippen molar-refractivity contribution in [2.24, 2.45) is 22.7 Å². The molecule has 224 valence electrons. The second kappa shape index (κ2) is 14.2. The molecule has 5 aliphatic rings. The van der Waals surface area contributed by atoms with E-state index in [4.69, 9.17) is 0 Å². The standard InChI is InChI=1S/C9H10N2O3.C8H9NO.C8H10.C7H11NO2/c1-14-9(13)6-2-3-7-10-5-4-8(12)11(6)7;10-8-6-4-1-2-5(3-4)7(6)9-8;1-2-8-6-4-3-5-7-8;1-5-3-4-6(8-5)7(9)10-2/h4-6H,2-3H2,1H3;1-2,4-7H,3H2,(H,9,10);3-7H,2H2,1H3;6H,3-4H2,1-2H3/t6-;4-,5+,6+,7-;;6-/m00.0/s1. The number of methoxy groups -OCH3 is 2. The predicted octanol–water partition coefficient (Wildman–Crippen LogP) is 3.24. The lowest BCUT2D eigenvalue weighted by Gasteiger charge is -2.37. The van der Waals surface area contributed by atoms with E-state index in [-0.39, 0.29) is 29.4 Å². The van der Waals surface area contributed by atoms with Crippen LogP contribution in [0.4, 0.5) is 0 Å². The molecule has 4 heterocycles. The number of esters is 2. The number of amides is 1. The quantitative estimate of drug-likeness (QED) is 0.337. The molecule has 42 heavy (non-hydrogen) atoms. The molecule has 1 aromatic heterocycles. The summed E-state index contributed by atoms with van der Waals surface area (Å²) in [5.74, 6) is 1.97. The van der Waals surface area contributed by atoms with Gasteiger partial charge in [-0.15, -0.1) is 0 Å². The van der Waals surface area contributed by atoms with E-state index >= 15 is 0 Å².